The van der Waals surface area contributed by atoms with Crippen LogP contribution in [0.1, 0.15) is 19.5 Å². The Morgan fingerprint density at radius 3 is 2.58 bits per heavy atom. The van der Waals surface area contributed by atoms with Gasteiger partial charge in [-0.05, 0) is 32.0 Å². The Labute approximate surface area is 112 Å². The largest absolute Gasteiger partial charge is 0.490 e. The number of aromatic nitrogens is 1. The summed E-state index contributed by atoms with van der Waals surface area (Å²) in [6.45, 7) is 5.37. The average molecular weight is 262 g/mol. The van der Waals surface area contributed by atoms with Crippen molar-refractivity contribution in [3.8, 4) is 22.8 Å². The molecule has 102 valence electrons. The number of rotatable bonds is 6. The van der Waals surface area contributed by atoms with Gasteiger partial charge in [0.05, 0.1) is 13.2 Å². The predicted octanol–water partition coefficient (Wildman–Crippen LogP) is 2.60. The Bertz CT molecular complexity index is 537. The summed E-state index contributed by atoms with van der Waals surface area (Å²) in [7, 11) is 0. The van der Waals surface area contributed by atoms with Crippen LogP contribution in [0.5, 0.6) is 11.5 Å². The zero-order valence-electron chi connectivity index (χ0n) is 11.2. The van der Waals surface area contributed by atoms with Gasteiger partial charge in [-0.2, -0.15) is 0 Å². The Morgan fingerprint density at radius 1 is 1.16 bits per heavy atom. The number of hydrogen-bond acceptors (Lipinski definition) is 5. The second-order valence-corrected chi connectivity index (χ2v) is 3.86. The van der Waals surface area contributed by atoms with Gasteiger partial charge in [-0.25, -0.2) is 4.98 Å². The summed E-state index contributed by atoms with van der Waals surface area (Å²) in [6, 6.07) is 5.66. The minimum Gasteiger partial charge on any atom is -0.490 e. The standard InChI is InChI=1S/C14H18N2O3/c1-3-17-12-6-5-10(7-13(12)18-4-2)14-11(8-15)16-9-19-14/h5-7,9H,3-4,8,15H2,1-2H3. The summed E-state index contributed by atoms with van der Waals surface area (Å²) in [5, 5.41) is 0. The third-order valence-electron chi connectivity index (χ3n) is 2.64. The third-order valence-corrected chi connectivity index (χ3v) is 2.64. The predicted molar refractivity (Wildman–Crippen MR) is 72.2 cm³/mol. The molecule has 19 heavy (non-hydrogen) atoms. The molecule has 1 aromatic heterocycles. The van der Waals surface area contributed by atoms with Crippen LogP contribution >= 0.6 is 0 Å². The molecule has 0 spiro atoms. The van der Waals surface area contributed by atoms with E-state index in [4.69, 9.17) is 19.6 Å². The maximum absolute atomic E-state index is 5.63. The summed E-state index contributed by atoms with van der Waals surface area (Å²) in [4.78, 5) is 4.08. The van der Waals surface area contributed by atoms with Gasteiger partial charge in [0.2, 0.25) is 0 Å². The lowest BCUT2D eigenvalue weighted by Crippen LogP contribution is -2.00. The molecule has 0 atom stereocenters. The van der Waals surface area contributed by atoms with E-state index >= 15 is 0 Å². The van der Waals surface area contributed by atoms with Crippen LogP contribution in [0.3, 0.4) is 0 Å². The van der Waals surface area contributed by atoms with Crippen molar-refractivity contribution in [3.63, 3.8) is 0 Å². The van der Waals surface area contributed by atoms with Gasteiger partial charge in [0, 0.05) is 12.1 Å². The minimum absolute atomic E-state index is 0.336. The van der Waals surface area contributed by atoms with Crippen molar-refractivity contribution in [2.75, 3.05) is 13.2 Å². The molecule has 2 aromatic rings. The number of hydrogen-bond donors (Lipinski definition) is 1. The number of nitrogens with two attached hydrogens (primary N) is 1. The van der Waals surface area contributed by atoms with Crippen molar-refractivity contribution in [1.82, 2.24) is 4.98 Å². The van der Waals surface area contributed by atoms with Crippen molar-refractivity contribution in [2.45, 2.75) is 20.4 Å². The maximum atomic E-state index is 5.63. The maximum Gasteiger partial charge on any atom is 0.181 e. The second-order valence-electron chi connectivity index (χ2n) is 3.86. The fourth-order valence-corrected chi connectivity index (χ4v) is 1.84. The minimum atomic E-state index is 0.336. The molecule has 0 radical (unpaired) electrons. The highest BCUT2D eigenvalue weighted by molar-refractivity contribution is 5.64. The lowest BCUT2D eigenvalue weighted by atomic mass is 10.1. The van der Waals surface area contributed by atoms with Gasteiger partial charge in [-0.3, -0.25) is 0 Å². The zero-order chi connectivity index (χ0) is 13.7. The van der Waals surface area contributed by atoms with Crippen LogP contribution in [0.2, 0.25) is 0 Å². The normalized spacial score (nSPS) is 10.5. The molecule has 2 rings (SSSR count). The summed E-state index contributed by atoms with van der Waals surface area (Å²) >= 11 is 0. The molecule has 0 aliphatic rings. The Morgan fingerprint density at radius 2 is 1.89 bits per heavy atom. The fraction of sp³-hybridized carbons (Fsp3) is 0.357. The van der Waals surface area contributed by atoms with E-state index < -0.39 is 0 Å². The first-order chi connectivity index (χ1) is 9.30. The van der Waals surface area contributed by atoms with E-state index in [-0.39, 0.29) is 0 Å². The molecule has 0 bridgehead atoms. The van der Waals surface area contributed by atoms with E-state index in [1.54, 1.807) is 0 Å². The molecule has 0 unspecified atom stereocenters. The quantitative estimate of drug-likeness (QED) is 0.866. The van der Waals surface area contributed by atoms with Crippen LogP contribution in [0.15, 0.2) is 29.0 Å². The van der Waals surface area contributed by atoms with Crippen LogP contribution in [-0.4, -0.2) is 18.2 Å². The van der Waals surface area contributed by atoms with Crippen LogP contribution < -0.4 is 15.2 Å². The van der Waals surface area contributed by atoms with Gasteiger partial charge >= 0.3 is 0 Å². The molecule has 5 nitrogen and oxygen atoms in total. The van der Waals surface area contributed by atoms with Gasteiger partial charge in [0.15, 0.2) is 23.7 Å². The first-order valence-electron chi connectivity index (χ1n) is 6.32. The molecule has 0 fully saturated rings. The summed E-state index contributed by atoms with van der Waals surface area (Å²) in [5.74, 6) is 2.09. The topological polar surface area (TPSA) is 70.5 Å². The van der Waals surface area contributed by atoms with Crippen LogP contribution in [0, 0.1) is 0 Å². The molecule has 5 heteroatoms. The van der Waals surface area contributed by atoms with E-state index in [0.29, 0.717) is 31.3 Å². The lowest BCUT2D eigenvalue weighted by molar-refractivity contribution is 0.288. The fourth-order valence-electron chi connectivity index (χ4n) is 1.84. The summed E-state index contributed by atoms with van der Waals surface area (Å²) < 4.78 is 16.5. The number of oxazole rings is 1. The highest BCUT2D eigenvalue weighted by atomic mass is 16.5. The Hall–Kier alpha value is -2.01. The van der Waals surface area contributed by atoms with Crippen LogP contribution in [0.4, 0.5) is 0 Å². The smallest absolute Gasteiger partial charge is 0.181 e. The first-order valence-corrected chi connectivity index (χ1v) is 6.32. The molecule has 0 aliphatic heterocycles. The van der Waals surface area contributed by atoms with E-state index in [2.05, 4.69) is 4.98 Å². The van der Waals surface area contributed by atoms with Gasteiger partial charge < -0.3 is 19.6 Å². The lowest BCUT2D eigenvalue weighted by Gasteiger charge is -2.11. The molecular weight excluding hydrogens is 244 g/mol. The summed E-state index contributed by atoms with van der Waals surface area (Å²) in [6.07, 6.45) is 1.40. The average Bonchev–Trinajstić information content (AvgIpc) is 2.89. The third kappa shape index (κ3) is 2.88. The molecule has 0 aliphatic carbocycles. The molecule has 0 amide bonds. The SMILES string of the molecule is CCOc1ccc(-c2ocnc2CN)cc1OCC. The monoisotopic (exact) mass is 262 g/mol. The van der Waals surface area contributed by atoms with Gasteiger partial charge in [0.1, 0.15) is 5.69 Å². The van der Waals surface area contributed by atoms with Gasteiger partial charge in [-0.15, -0.1) is 0 Å². The Balaban J connectivity index is 2.39. The van der Waals surface area contributed by atoms with E-state index in [9.17, 15) is 0 Å². The van der Waals surface area contributed by atoms with Gasteiger partial charge in [-0.1, -0.05) is 0 Å². The number of benzene rings is 1. The first kappa shape index (κ1) is 13.4. The molecule has 0 saturated carbocycles. The molecule has 0 saturated heterocycles. The molecular formula is C14H18N2O3. The second kappa shape index (κ2) is 6.24. The highest BCUT2D eigenvalue weighted by Gasteiger charge is 2.13. The van der Waals surface area contributed by atoms with E-state index in [1.807, 2.05) is 32.0 Å². The van der Waals surface area contributed by atoms with Crippen molar-refractivity contribution < 1.29 is 13.9 Å². The van der Waals surface area contributed by atoms with Gasteiger partial charge in [0.25, 0.3) is 0 Å². The van der Waals surface area contributed by atoms with Crippen molar-refractivity contribution in [3.05, 3.63) is 30.3 Å². The molecule has 1 heterocycles. The van der Waals surface area contributed by atoms with Crippen LogP contribution in [-0.2, 0) is 6.54 Å². The Kier molecular flexibility index (Phi) is 4.41. The zero-order valence-corrected chi connectivity index (χ0v) is 11.2. The van der Waals surface area contributed by atoms with Crippen molar-refractivity contribution >= 4 is 0 Å². The van der Waals surface area contributed by atoms with Crippen molar-refractivity contribution in [1.29, 1.82) is 0 Å². The highest BCUT2D eigenvalue weighted by Crippen LogP contribution is 2.33. The summed E-state index contributed by atoms with van der Waals surface area (Å²) in [5.41, 5.74) is 7.24. The number of nitrogens with zero attached hydrogens (tertiary/aromatic N) is 1. The van der Waals surface area contributed by atoms with Crippen molar-refractivity contribution in [2.24, 2.45) is 5.73 Å². The molecule has 2 N–H and O–H groups in total. The van der Waals surface area contributed by atoms with E-state index in [0.717, 1.165) is 17.0 Å². The van der Waals surface area contributed by atoms with E-state index in [1.165, 1.54) is 6.39 Å². The molecule has 1 aromatic carbocycles. The number of ether oxygens (including phenoxy) is 2. The van der Waals surface area contributed by atoms with Crippen LogP contribution in [0.25, 0.3) is 11.3 Å².